The molecule has 3 unspecified atom stereocenters. The monoisotopic (exact) mass is 658 g/mol. The number of aromatic nitrogens is 3. The Labute approximate surface area is 278 Å². The van der Waals surface area contributed by atoms with Gasteiger partial charge in [-0.15, -0.1) is 0 Å². The molecular weight excluding hydrogens is 616 g/mol. The van der Waals surface area contributed by atoms with Crippen molar-refractivity contribution in [3.8, 4) is 17.1 Å². The van der Waals surface area contributed by atoms with E-state index in [0.717, 1.165) is 36.1 Å². The highest BCUT2D eigenvalue weighted by atomic mass is 32.2. The number of ether oxygens (including phenoxy) is 2. The molecule has 11 nitrogen and oxygen atoms in total. The number of benzene rings is 2. The van der Waals surface area contributed by atoms with E-state index in [4.69, 9.17) is 25.2 Å². The summed E-state index contributed by atoms with van der Waals surface area (Å²) in [5.74, 6) is 1.56. The van der Waals surface area contributed by atoms with Crippen LogP contribution in [0, 0.1) is 31.2 Å². The lowest BCUT2D eigenvalue weighted by Crippen LogP contribution is -2.37. The number of aromatic amines is 1. The van der Waals surface area contributed by atoms with Gasteiger partial charge in [-0.25, -0.2) is 14.6 Å². The van der Waals surface area contributed by atoms with Crippen LogP contribution in [0.4, 0.5) is 17.1 Å². The van der Waals surface area contributed by atoms with Crippen molar-refractivity contribution < 1.29 is 22.7 Å². The van der Waals surface area contributed by atoms with Gasteiger partial charge in [0.25, 0.3) is 0 Å². The quantitative estimate of drug-likeness (QED) is 0.149. The fraction of sp³-hybridized carbons (Fsp3) is 0.457. The molecule has 47 heavy (non-hydrogen) atoms. The molecule has 0 bridgehead atoms. The van der Waals surface area contributed by atoms with Crippen LogP contribution in [0.25, 0.3) is 21.9 Å². The van der Waals surface area contributed by atoms with Crippen molar-refractivity contribution in [3.63, 3.8) is 0 Å². The molecular formula is C35H42N6O5S. The molecule has 1 saturated heterocycles. The zero-order chi connectivity index (χ0) is 33.2. The lowest BCUT2D eigenvalue weighted by molar-refractivity contribution is -0.0249. The topological polar surface area (TPSA) is 115 Å². The van der Waals surface area contributed by atoms with Crippen LogP contribution in [0.1, 0.15) is 62.0 Å². The van der Waals surface area contributed by atoms with Gasteiger partial charge in [0.05, 0.1) is 31.2 Å². The number of carbonyl (C=O) groups excluding carboxylic acids is 1. The Kier molecular flexibility index (Phi) is 9.57. The molecule has 0 spiro atoms. The second-order valence-corrected chi connectivity index (χ2v) is 13.7. The molecule has 2 fully saturated rings. The Morgan fingerprint density at radius 1 is 1.15 bits per heavy atom. The summed E-state index contributed by atoms with van der Waals surface area (Å²) in [7, 11) is 0. The first-order chi connectivity index (χ1) is 22.6. The molecule has 0 amide bonds. The minimum atomic E-state index is -1.89. The fourth-order valence-corrected chi connectivity index (χ4v) is 7.71. The van der Waals surface area contributed by atoms with E-state index in [0.29, 0.717) is 60.7 Å². The van der Waals surface area contributed by atoms with Gasteiger partial charge in [-0.1, -0.05) is 39.8 Å². The number of rotatable bonds is 9. The largest absolute Gasteiger partial charge is 0.459 e. The van der Waals surface area contributed by atoms with Gasteiger partial charge >= 0.3 is 17.2 Å². The van der Waals surface area contributed by atoms with Crippen LogP contribution < -0.4 is 13.8 Å². The summed E-state index contributed by atoms with van der Waals surface area (Å²) in [5.41, 5.74) is 4.80. The van der Waals surface area contributed by atoms with Gasteiger partial charge in [0.2, 0.25) is 5.69 Å². The standard InChI is InChI=1S/C35H42N6O5S/c1-7-25-9-8-21(2)18-30(25)46-47(43)39-27-19-26(10-11-29(27)40-12-14-44-15-13-40)33-37-34-31(28(36-6)20-41(34)38-33)35(42)45-32-23(4)16-22(3)17-24(32)5/h8-11,18-20,22-24,32,39H,7,12-17H2,1-5H3,(H,37,38). The second kappa shape index (κ2) is 13.8. The number of fused-ring (bicyclic) bond motifs is 1. The Bertz CT molecular complexity index is 1830. The summed E-state index contributed by atoms with van der Waals surface area (Å²) in [6.45, 7) is 20.8. The molecule has 2 N–H and O–H groups in total. The molecule has 12 heteroatoms. The number of H-pyrrole nitrogens is 1. The van der Waals surface area contributed by atoms with E-state index < -0.39 is 17.2 Å². The second-order valence-electron chi connectivity index (χ2n) is 12.9. The molecule has 1 saturated carbocycles. The van der Waals surface area contributed by atoms with Gasteiger partial charge in [-0.2, -0.15) is 4.21 Å². The van der Waals surface area contributed by atoms with Gasteiger partial charge in [-0.3, -0.25) is 14.3 Å². The lowest BCUT2D eigenvalue weighted by Gasteiger charge is -2.37. The van der Waals surface area contributed by atoms with E-state index in [1.807, 2.05) is 50.2 Å². The summed E-state index contributed by atoms with van der Waals surface area (Å²) < 4.78 is 35.6. The van der Waals surface area contributed by atoms with Gasteiger partial charge in [0.1, 0.15) is 17.4 Å². The molecule has 248 valence electrons. The molecule has 2 aliphatic rings. The van der Waals surface area contributed by atoms with Crippen molar-refractivity contribution in [2.75, 3.05) is 35.9 Å². The Hall–Kier alpha value is -4.34. The number of hydrogen-bond donors (Lipinski definition) is 2. The first-order valence-corrected chi connectivity index (χ1v) is 17.4. The molecule has 1 aliphatic heterocycles. The molecule has 6 rings (SSSR count). The summed E-state index contributed by atoms with van der Waals surface area (Å²) in [6, 6.07) is 11.6. The summed E-state index contributed by atoms with van der Waals surface area (Å²) >= 11 is -1.89. The highest BCUT2D eigenvalue weighted by Crippen LogP contribution is 2.37. The highest BCUT2D eigenvalue weighted by Gasteiger charge is 2.35. The van der Waals surface area contributed by atoms with Crippen molar-refractivity contribution in [2.45, 2.75) is 60.0 Å². The van der Waals surface area contributed by atoms with E-state index >= 15 is 0 Å². The van der Waals surface area contributed by atoms with Crippen molar-refractivity contribution >= 4 is 39.9 Å². The predicted molar refractivity (Wildman–Crippen MR) is 183 cm³/mol. The van der Waals surface area contributed by atoms with E-state index in [1.165, 1.54) is 0 Å². The van der Waals surface area contributed by atoms with Crippen LogP contribution in [-0.4, -0.2) is 57.2 Å². The normalized spacial score (nSPS) is 22.1. The number of carbonyl (C=O) groups is 1. The summed E-state index contributed by atoms with van der Waals surface area (Å²) in [6.07, 6.45) is 4.09. The average molecular weight is 659 g/mol. The third-order valence-electron chi connectivity index (χ3n) is 9.23. The molecule has 3 heterocycles. The molecule has 2 aromatic carbocycles. The first-order valence-electron chi connectivity index (χ1n) is 16.3. The molecule has 4 aromatic rings. The van der Waals surface area contributed by atoms with E-state index in [-0.39, 0.29) is 29.2 Å². The maximum atomic E-state index is 13.6. The molecule has 3 atom stereocenters. The van der Waals surface area contributed by atoms with Gasteiger partial charge in [0.15, 0.2) is 11.5 Å². The zero-order valence-corrected chi connectivity index (χ0v) is 28.4. The Morgan fingerprint density at radius 2 is 1.89 bits per heavy atom. The first kappa shape index (κ1) is 32.6. The van der Waals surface area contributed by atoms with Crippen molar-refractivity contribution in [3.05, 3.63) is 70.7 Å². The number of aryl methyl sites for hydroxylation is 2. The SMILES string of the molecule is [C-]#[N+]c1cn2[nH]c(-c3ccc(N4CCOCC4)c(NS(=O)Oc4cc(C)ccc4CC)c3)nc2c1C(=O)OC1C(C)CC(C)CC1C. The fourth-order valence-electron chi connectivity index (χ4n) is 7.01. The lowest BCUT2D eigenvalue weighted by atomic mass is 9.75. The van der Waals surface area contributed by atoms with E-state index in [1.54, 1.807) is 10.7 Å². The number of anilines is 2. The van der Waals surface area contributed by atoms with Crippen LogP contribution in [0.5, 0.6) is 5.75 Å². The number of nitrogens with one attached hydrogen (secondary N) is 2. The maximum absolute atomic E-state index is 13.6. The maximum Gasteiger partial charge on any atom is 0.331 e. The van der Waals surface area contributed by atoms with Crippen molar-refractivity contribution in [2.24, 2.45) is 17.8 Å². The minimum Gasteiger partial charge on any atom is -0.459 e. The third kappa shape index (κ3) is 6.87. The van der Waals surface area contributed by atoms with Crippen LogP contribution in [-0.2, 0) is 27.2 Å². The van der Waals surface area contributed by atoms with Crippen LogP contribution in [0.2, 0.25) is 0 Å². The summed E-state index contributed by atoms with van der Waals surface area (Å²) in [5, 5.41) is 3.22. The predicted octanol–water partition coefficient (Wildman–Crippen LogP) is 6.88. The summed E-state index contributed by atoms with van der Waals surface area (Å²) in [4.78, 5) is 24.1. The Morgan fingerprint density at radius 3 is 2.60 bits per heavy atom. The van der Waals surface area contributed by atoms with Crippen LogP contribution >= 0.6 is 0 Å². The zero-order valence-electron chi connectivity index (χ0n) is 27.5. The Balaban J connectivity index is 1.31. The molecule has 2 aromatic heterocycles. The number of nitrogens with zero attached hydrogens (tertiary/aromatic N) is 4. The van der Waals surface area contributed by atoms with E-state index in [2.05, 4.69) is 40.3 Å². The van der Waals surface area contributed by atoms with Crippen molar-refractivity contribution in [1.29, 1.82) is 0 Å². The molecule has 1 aliphatic carbocycles. The van der Waals surface area contributed by atoms with Gasteiger partial charge < -0.3 is 18.6 Å². The number of morpholine rings is 1. The smallest absolute Gasteiger partial charge is 0.331 e. The van der Waals surface area contributed by atoms with Gasteiger partial charge in [-0.05, 0) is 79.3 Å². The van der Waals surface area contributed by atoms with E-state index in [9.17, 15) is 9.00 Å². The molecule has 0 radical (unpaired) electrons. The minimum absolute atomic E-state index is 0.156. The van der Waals surface area contributed by atoms with Crippen LogP contribution in [0.3, 0.4) is 0 Å². The van der Waals surface area contributed by atoms with Gasteiger partial charge in [0, 0.05) is 24.8 Å². The highest BCUT2D eigenvalue weighted by molar-refractivity contribution is 7.82. The number of hydrogen-bond acceptors (Lipinski definition) is 7. The van der Waals surface area contributed by atoms with Crippen LogP contribution in [0.15, 0.2) is 42.6 Å². The number of esters is 1. The third-order valence-corrected chi connectivity index (χ3v) is 9.94. The average Bonchev–Trinajstić information content (AvgIpc) is 3.61. The van der Waals surface area contributed by atoms with Crippen molar-refractivity contribution in [1.82, 2.24) is 14.6 Å².